The van der Waals surface area contributed by atoms with E-state index in [1.165, 1.54) is 22.7 Å². The largest absolute Gasteiger partial charge is 0.453 e. The molecule has 5 nitrogen and oxygen atoms in total. The number of esters is 1. The van der Waals surface area contributed by atoms with Gasteiger partial charge < -0.3 is 19.4 Å². The van der Waals surface area contributed by atoms with Crippen molar-refractivity contribution in [2.24, 2.45) is 5.92 Å². The van der Waals surface area contributed by atoms with Gasteiger partial charge in [-0.25, -0.2) is 4.79 Å². The Morgan fingerprint density at radius 1 is 1.19 bits per heavy atom. The number of fused-ring (bicyclic) bond motifs is 3. The van der Waals surface area contributed by atoms with Crippen LogP contribution < -0.4 is 0 Å². The lowest BCUT2D eigenvalue weighted by atomic mass is 9.83. The predicted octanol–water partition coefficient (Wildman–Crippen LogP) is 2.58. The van der Waals surface area contributed by atoms with Gasteiger partial charge in [0.15, 0.2) is 6.10 Å². The first-order valence-electron chi connectivity index (χ1n) is 9.55. The summed E-state index contributed by atoms with van der Waals surface area (Å²) in [7, 11) is 0. The summed E-state index contributed by atoms with van der Waals surface area (Å²) < 4.78 is 6.91. The minimum Gasteiger partial charge on any atom is -0.453 e. The van der Waals surface area contributed by atoms with Crippen molar-refractivity contribution in [2.75, 3.05) is 32.8 Å². The molecule has 5 heterocycles. The number of hydrogen-bond donors (Lipinski definition) is 2. The molecule has 7 heteroatoms. The van der Waals surface area contributed by atoms with Gasteiger partial charge in [-0.15, -0.1) is 22.7 Å². The normalized spacial score (nSPS) is 27.6. The Morgan fingerprint density at radius 3 is 2.33 bits per heavy atom. The number of aliphatic hydroxyl groups is 2. The second-order valence-electron chi connectivity index (χ2n) is 7.72. The Bertz CT molecular complexity index is 717. The van der Waals surface area contributed by atoms with Crippen molar-refractivity contribution in [2.45, 2.75) is 31.0 Å². The van der Waals surface area contributed by atoms with Gasteiger partial charge in [0.2, 0.25) is 5.60 Å². The van der Waals surface area contributed by atoms with E-state index in [1.807, 2.05) is 22.9 Å². The van der Waals surface area contributed by atoms with Gasteiger partial charge in [-0.05, 0) is 22.9 Å². The van der Waals surface area contributed by atoms with Crippen LogP contribution in [0.4, 0.5) is 0 Å². The van der Waals surface area contributed by atoms with E-state index in [-0.39, 0.29) is 12.7 Å². The summed E-state index contributed by atoms with van der Waals surface area (Å²) in [6, 6.07) is 7.26. The number of nitrogens with zero attached hydrogens (tertiary/aromatic N) is 1. The van der Waals surface area contributed by atoms with E-state index in [0.717, 1.165) is 49.9 Å². The zero-order chi connectivity index (χ0) is 18.9. The van der Waals surface area contributed by atoms with Crippen molar-refractivity contribution < 1.29 is 24.2 Å². The molecule has 27 heavy (non-hydrogen) atoms. The second-order valence-corrected chi connectivity index (χ2v) is 9.61. The van der Waals surface area contributed by atoms with E-state index in [2.05, 4.69) is 0 Å². The van der Waals surface area contributed by atoms with Crippen molar-refractivity contribution in [3.8, 4) is 0 Å². The first-order chi connectivity index (χ1) is 13.1. The summed E-state index contributed by atoms with van der Waals surface area (Å²) in [5, 5.41) is 24.4. The minimum atomic E-state index is -1.73. The standard InChI is InChI=1S/C20H26NO4S2/c22-11-3-8-21-9-6-15(7-10-21)16(14-21)25-19(23)20(24,17-4-1-12-26-17)18-5-2-13-27-18/h1-2,4-5,12-13,15-16,22,24H,3,6-11,14H2/q+1/t15?,16-,21?/m1/s1. The first kappa shape index (κ1) is 19.1. The highest BCUT2D eigenvalue weighted by Gasteiger charge is 2.50. The number of hydrogen-bond acceptors (Lipinski definition) is 6. The number of ether oxygens (including phenoxy) is 1. The molecule has 0 aromatic carbocycles. The first-order valence-corrected chi connectivity index (χ1v) is 11.3. The number of quaternary nitrogens is 1. The maximum Gasteiger partial charge on any atom is 0.349 e. The van der Waals surface area contributed by atoms with Crippen LogP contribution in [0.5, 0.6) is 0 Å². The summed E-state index contributed by atoms with van der Waals surface area (Å²) in [5.41, 5.74) is -1.73. The van der Waals surface area contributed by atoms with Gasteiger partial charge in [-0.2, -0.15) is 0 Å². The smallest absolute Gasteiger partial charge is 0.349 e. The molecule has 0 saturated carbocycles. The molecular formula is C20H26NO4S2+. The van der Waals surface area contributed by atoms with Crippen molar-refractivity contribution >= 4 is 28.6 Å². The van der Waals surface area contributed by atoms with Crippen LogP contribution in [-0.2, 0) is 15.1 Å². The molecule has 0 aliphatic carbocycles. The lowest BCUT2D eigenvalue weighted by Gasteiger charge is -2.52. The quantitative estimate of drug-likeness (QED) is 0.546. The monoisotopic (exact) mass is 408 g/mol. The Labute approximate surface area is 167 Å². The van der Waals surface area contributed by atoms with E-state index in [9.17, 15) is 15.0 Å². The molecule has 2 aromatic rings. The highest BCUT2D eigenvalue weighted by molar-refractivity contribution is 7.12. The molecule has 3 aliphatic heterocycles. The van der Waals surface area contributed by atoms with Gasteiger partial charge in [0.1, 0.15) is 6.54 Å². The van der Waals surface area contributed by atoms with E-state index >= 15 is 0 Å². The fourth-order valence-electron chi connectivity index (χ4n) is 4.59. The summed E-state index contributed by atoms with van der Waals surface area (Å²) >= 11 is 2.74. The van der Waals surface area contributed by atoms with Crippen molar-refractivity contribution in [3.63, 3.8) is 0 Å². The molecule has 3 aliphatic rings. The van der Waals surface area contributed by atoms with Crippen LogP contribution in [0.2, 0.25) is 0 Å². The third-order valence-electron chi connectivity index (χ3n) is 6.14. The molecule has 3 saturated heterocycles. The number of carbonyl (C=O) groups excluding carboxylic acids is 1. The Kier molecular flexibility index (Phi) is 5.40. The SMILES string of the molecule is O=C(O[C@@H]1C[N+]2(CCCO)CCC1CC2)C(O)(c1cccs1)c1cccs1. The Morgan fingerprint density at radius 2 is 1.81 bits per heavy atom. The molecular weight excluding hydrogens is 382 g/mol. The van der Waals surface area contributed by atoms with Crippen molar-refractivity contribution in [1.29, 1.82) is 0 Å². The molecule has 2 bridgehead atoms. The average molecular weight is 409 g/mol. The van der Waals surface area contributed by atoms with Crippen molar-refractivity contribution in [1.82, 2.24) is 0 Å². The summed E-state index contributed by atoms with van der Waals surface area (Å²) in [6.45, 7) is 4.11. The maximum atomic E-state index is 13.2. The van der Waals surface area contributed by atoms with Gasteiger partial charge in [-0.3, -0.25) is 0 Å². The number of piperidine rings is 3. The molecule has 3 fully saturated rings. The summed E-state index contributed by atoms with van der Waals surface area (Å²) in [5.74, 6) is -0.189. The number of aliphatic hydroxyl groups excluding tert-OH is 1. The van der Waals surface area contributed by atoms with Crippen LogP contribution in [0, 0.1) is 5.92 Å². The van der Waals surface area contributed by atoms with Crippen LogP contribution in [0.25, 0.3) is 0 Å². The van der Waals surface area contributed by atoms with Gasteiger partial charge in [-0.1, -0.05) is 12.1 Å². The van der Waals surface area contributed by atoms with Crippen LogP contribution in [0.3, 0.4) is 0 Å². The molecule has 0 spiro atoms. The maximum absolute atomic E-state index is 13.2. The predicted molar refractivity (Wildman–Crippen MR) is 106 cm³/mol. The van der Waals surface area contributed by atoms with E-state index in [1.54, 1.807) is 12.1 Å². The van der Waals surface area contributed by atoms with Crippen molar-refractivity contribution in [3.05, 3.63) is 44.8 Å². The lowest BCUT2D eigenvalue weighted by molar-refractivity contribution is -0.946. The fourth-order valence-corrected chi connectivity index (χ4v) is 6.30. The van der Waals surface area contributed by atoms with Crippen LogP contribution in [-0.4, -0.2) is 59.6 Å². The van der Waals surface area contributed by atoms with E-state index in [0.29, 0.717) is 15.7 Å². The fraction of sp³-hybridized carbons (Fsp3) is 0.550. The molecule has 0 amide bonds. The highest BCUT2D eigenvalue weighted by Crippen LogP contribution is 2.40. The van der Waals surface area contributed by atoms with Crippen LogP contribution >= 0.6 is 22.7 Å². The zero-order valence-electron chi connectivity index (χ0n) is 15.3. The van der Waals surface area contributed by atoms with Gasteiger partial charge in [0, 0.05) is 31.8 Å². The van der Waals surface area contributed by atoms with Gasteiger partial charge in [0.05, 0.1) is 29.4 Å². The summed E-state index contributed by atoms with van der Waals surface area (Å²) in [6.07, 6.45) is 2.70. The molecule has 5 rings (SSSR count). The minimum absolute atomic E-state index is 0.162. The molecule has 2 N–H and O–H groups in total. The molecule has 146 valence electrons. The third-order valence-corrected chi connectivity index (χ3v) is 8.10. The molecule has 0 unspecified atom stereocenters. The number of carbonyl (C=O) groups is 1. The summed E-state index contributed by atoms with van der Waals surface area (Å²) in [4.78, 5) is 14.4. The number of rotatable bonds is 7. The van der Waals surface area contributed by atoms with Crippen LogP contribution in [0.1, 0.15) is 29.0 Å². The van der Waals surface area contributed by atoms with E-state index < -0.39 is 11.6 Å². The number of thiophene rings is 2. The topological polar surface area (TPSA) is 66.8 Å². The molecule has 0 radical (unpaired) electrons. The molecule has 2 aromatic heterocycles. The van der Waals surface area contributed by atoms with Gasteiger partial charge >= 0.3 is 5.97 Å². The lowest BCUT2D eigenvalue weighted by Crippen LogP contribution is -2.65. The molecule has 1 atom stereocenters. The Hall–Kier alpha value is -1.25. The van der Waals surface area contributed by atoms with Gasteiger partial charge in [0.25, 0.3) is 0 Å². The third kappa shape index (κ3) is 3.47. The average Bonchev–Trinajstić information content (AvgIpc) is 3.41. The Balaban J connectivity index is 1.55. The van der Waals surface area contributed by atoms with E-state index in [4.69, 9.17) is 4.74 Å². The second kappa shape index (κ2) is 7.64. The zero-order valence-corrected chi connectivity index (χ0v) is 16.9. The highest BCUT2D eigenvalue weighted by atomic mass is 32.1. The van der Waals surface area contributed by atoms with Crippen LogP contribution in [0.15, 0.2) is 35.0 Å².